The number of rotatable bonds is 5. The van der Waals surface area contributed by atoms with Crippen LogP contribution in [0, 0.1) is 23.2 Å². The molecule has 1 aliphatic heterocycles. The molecule has 3 aromatic rings. The van der Waals surface area contributed by atoms with E-state index in [4.69, 9.17) is 0 Å². The van der Waals surface area contributed by atoms with Crippen molar-refractivity contribution in [1.82, 2.24) is 33.8 Å². The van der Waals surface area contributed by atoms with Crippen molar-refractivity contribution in [3.8, 4) is 17.3 Å². The van der Waals surface area contributed by atoms with Crippen molar-refractivity contribution < 1.29 is 8.42 Å². The van der Waals surface area contributed by atoms with Crippen molar-refractivity contribution in [2.75, 3.05) is 20.1 Å². The highest BCUT2D eigenvalue weighted by atomic mass is 32.2. The molecule has 2 N–H and O–H groups in total. The number of aromatic nitrogens is 5. The highest BCUT2D eigenvalue weighted by Gasteiger charge is 2.52. The van der Waals surface area contributed by atoms with E-state index in [1.54, 1.807) is 6.20 Å². The van der Waals surface area contributed by atoms with Crippen molar-refractivity contribution in [3.63, 3.8) is 0 Å². The lowest BCUT2D eigenvalue weighted by molar-refractivity contribution is 0.240. The maximum absolute atomic E-state index is 12.2. The zero-order valence-corrected chi connectivity index (χ0v) is 17.3. The standard InChI is InChI=1S/C19H22N8O2S/c1-21-30(28,29)26-9-13-6-19(3-4-20,7-14(13)10-26)27-11-15(8-25-27)17-16-2-5-22-18(16)24-12-23-17/h2,5,8,11-14,21H,3,6-7,9-10H2,1H3,(H,22,23,24)/t13-,14+,19-. The molecule has 4 heterocycles. The van der Waals surface area contributed by atoms with Crippen LogP contribution in [-0.4, -0.2) is 57.6 Å². The van der Waals surface area contributed by atoms with E-state index in [0.717, 1.165) is 35.1 Å². The molecule has 5 rings (SSSR count). The number of fused-ring (bicyclic) bond motifs is 2. The highest BCUT2D eigenvalue weighted by Crippen LogP contribution is 2.50. The van der Waals surface area contributed by atoms with Gasteiger partial charge >= 0.3 is 0 Å². The summed E-state index contributed by atoms with van der Waals surface area (Å²) in [7, 11) is -1.99. The Morgan fingerprint density at radius 3 is 2.80 bits per heavy atom. The van der Waals surface area contributed by atoms with Gasteiger partial charge in [0.15, 0.2) is 0 Å². The van der Waals surface area contributed by atoms with Crippen LogP contribution in [0.15, 0.2) is 31.0 Å². The Labute approximate surface area is 174 Å². The molecule has 156 valence electrons. The summed E-state index contributed by atoms with van der Waals surface area (Å²) in [6.07, 6.45) is 8.87. The number of hydrogen-bond donors (Lipinski definition) is 2. The number of aromatic amines is 1. The van der Waals surface area contributed by atoms with Crippen molar-refractivity contribution >= 4 is 21.2 Å². The van der Waals surface area contributed by atoms with E-state index in [9.17, 15) is 13.7 Å². The minimum absolute atomic E-state index is 0.213. The summed E-state index contributed by atoms with van der Waals surface area (Å²) in [6, 6.07) is 4.26. The third-order valence-corrected chi connectivity index (χ3v) is 8.02. The average Bonchev–Trinajstić information content (AvgIpc) is 3.49. The van der Waals surface area contributed by atoms with Crippen LogP contribution in [0.5, 0.6) is 0 Å². The van der Waals surface area contributed by atoms with Crippen LogP contribution in [0.2, 0.25) is 0 Å². The SMILES string of the molecule is CNS(=O)(=O)N1C[C@@H]2C[C@](CC#N)(n3cc(-c4ncnc5[nH]ccc45)cn3)C[C@@H]2C1. The molecule has 0 unspecified atom stereocenters. The van der Waals surface area contributed by atoms with Gasteiger partial charge in [-0.2, -0.15) is 23.1 Å². The molecule has 0 bridgehead atoms. The van der Waals surface area contributed by atoms with Crippen LogP contribution in [0.25, 0.3) is 22.3 Å². The Morgan fingerprint density at radius 1 is 1.33 bits per heavy atom. The van der Waals surface area contributed by atoms with Crippen molar-refractivity contribution in [3.05, 3.63) is 31.0 Å². The quantitative estimate of drug-likeness (QED) is 0.631. The van der Waals surface area contributed by atoms with Gasteiger partial charge < -0.3 is 4.98 Å². The van der Waals surface area contributed by atoms with Gasteiger partial charge in [-0.25, -0.2) is 14.7 Å². The summed E-state index contributed by atoms with van der Waals surface area (Å²) in [4.78, 5) is 11.8. The molecule has 1 aliphatic carbocycles. The summed E-state index contributed by atoms with van der Waals surface area (Å²) in [5.41, 5.74) is 2.00. The van der Waals surface area contributed by atoms with Gasteiger partial charge in [0.1, 0.15) is 12.0 Å². The number of nitriles is 1. The molecule has 0 spiro atoms. The maximum Gasteiger partial charge on any atom is 0.279 e. The van der Waals surface area contributed by atoms with Crippen LogP contribution in [0.4, 0.5) is 0 Å². The summed E-state index contributed by atoms with van der Waals surface area (Å²) >= 11 is 0. The van der Waals surface area contributed by atoms with Crippen molar-refractivity contribution in [1.29, 1.82) is 5.26 Å². The lowest BCUT2D eigenvalue weighted by Crippen LogP contribution is -2.40. The van der Waals surface area contributed by atoms with Gasteiger partial charge in [-0.05, 0) is 30.7 Å². The maximum atomic E-state index is 12.2. The van der Waals surface area contributed by atoms with E-state index in [0.29, 0.717) is 19.5 Å². The average molecular weight is 427 g/mol. The monoisotopic (exact) mass is 426 g/mol. The van der Waals surface area contributed by atoms with Gasteiger partial charge in [0.05, 0.1) is 29.9 Å². The Balaban J connectivity index is 1.45. The van der Waals surface area contributed by atoms with Gasteiger partial charge in [-0.1, -0.05) is 0 Å². The van der Waals surface area contributed by atoms with E-state index in [-0.39, 0.29) is 11.8 Å². The van der Waals surface area contributed by atoms with Gasteiger partial charge in [0.25, 0.3) is 10.2 Å². The fourth-order valence-corrected chi connectivity index (χ4v) is 6.14. The normalized spacial score (nSPS) is 26.8. The number of H-pyrrole nitrogens is 1. The predicted octanol–water partition coefficient (Wildman–Crippen LogP) is 1.24. The summed E-state index contributed by atoms with van der Waals surface area (Å²) in [6.45, 7) is 0.954. The van der Waals surface area contributed by atoms with Crippen molar-refractivity contribution in [2.45, 2.75) is 24.8 Å². The summed E-state index contributed by atoms with van der Waals surface area (Å²) in [5, 5.41) is 15.1. The first-order chi connectivity index (χ1) is 14.5. The van der Waals surface area contributed by atoms with E-state index in [1.807, 2.05) is 23.1 Å². The van der Waals surface area contributed by atoms with Crippen molar-refractivity contribution in [2.24, 2.45) is 11.8 Å². The lowest BCUT2D eigenvalue weighted by atomic mass is 9.92. The van der Waals surface area contributed by atoms with E-state index >= 15 is 0 Å². The van der Waals surface area contributed by atoms with Crippen LogP contribution in [0.1, 0.15) is 19.3 Å². The molecular weight excluding hydrogens is 404 g/mol. The Hall–Kier alpha value is -2.81. The molecule has 0 radical (unpaired) electrons. The smallest absolute Gasteiger partial charge is 0.279 e. The number of hydrogen-bond acceptors (Lipinski definition) is 6. The lowest BCUT2D eigenvalue weighted by Gasteiger charge is -2.29. The number of nitrogens with zero attached hydrogens (tertiary/aromatic N) is 6. The topological polar surface area (TPSA) is 133 Å². The van der Waals surface area contributed by atoms with E-state index in [2.05, 4.69) is 30.8 Å². The molecule has 1 saturated heterocycles. The Kier molecular flexibility index (Phi) is 4.39. The molecule has 2 fully saturated rings. The second-order valence-corrected chi connectivity index (χ2v) is 10.0. The molecule has 11 heteroatoms. The number of nitrogens with one attached hydrogen (secondary N) is 2. The molecular formula is C19H22N8O2S. The minimum Gasteiger partial charge on any atom is -0.346 e. The highest BCUT2D eigenvalue weighted by molar-refractivity contribution is 7.87. The molecule has 3 aromatic heterocycles. The van der Waals surface area contributed by atoms with Crippen LogP contribution < -0.4 is 4.72 Å². The van der Waals surface area contributed by atoms with Gasteiger partial charge in [0.2, 0.25) is 0 Å². The summed E-state index contributed by atoms with van der Waals surface area (Å²) < 4.78 is 30.1. The molecule has 0 aromatic carbocycles. The zero-order valence-electron chi connectivity index (χ0n) is 16.5. The molecule has 3 atom stereocenters. The third kappa shape index (κ3) is 2.91. The van der Waals surface area contributed by atoms with E-state index < -0.39 is 15.7 Å². The zero-order chi connectivity index (χ0) is 20.9. The second-order valence-electron chi connectivity index (χ2n) is 8.15. The molecule has 2 aliphatic rings. The van der Waals surface area contributed by atoms with Crippen LogP contribution in [0.3, 0.4) is 0 Å². The van der Waals surface area contributed by atoms with Gasteiger partial charge in [0, 0.05) is 43.5 Å². The van der Waals surface area contributed by atoms with E-state index in [1.165, 1.54) is 17.7 Å². The second kappa shape index (κ2) is 6.87. The molecule has 30 heavy (non-hydrogen) atoms. The first-order valence-corrected chi connectivity index (χ1v) is 11.3. The fraction of sp³-hybridized carbons (Fsp3) is 0.474. The predicted molar refractivity (Wildman–Crippen MR) is 109 cm³/mol. The first kappa shape index (κ1) is 19.2. The third-order valence-electron chi connectivity index (χ3n) is 6.53. The minimum atomic E-state index is -3.42. The first-order valence-electron chi connectivity index (χ1n) is 9.85. The van der Waals surface area contributed by atoms with Crippen LogP contribution in [-0.2, 0) is 15.7 Å². The molecule has 10 nitrogen and oxygen atoms in total. The molecule has 1 saturated carbocycles. The van der Waals surface area contributed by atoms with Gasteiger partial charge in [-0.3, -0.25) is 4.68 Å². The van der Waals surface area contributed by atoms with Gasteiger partial charge in [-0.15, -0.1) is 0 Å². The largest absolute Gasteiger partial charge is 0.346 e. The summed E-state index contributed by atoms with van der Waals surface area (Å²) in [5.74, 6) is 0.425. The molecule has 0 amide bonds. The Bertz CT molecular complexity index is 1230. The van der Waals surface area contributed by atoms with Crippen LogP contribution >= 0.6 is 0 Å². The fourth-order valence-electron chi connectivity index (χ4n) is 5.11. The Morgan fingerprint density at radius 2 is 2.10 bits per heavy atom.